The van der Waals surface area contributed by atoms with Crippen LogP contribution < -0.4 is 0 Å². The van der Waals surface area contributed by atoms with Crippen molar-refractivity contribution in [1.82, 2.24) is 0 Å². The van der Waals surface area contributed by atoms with E-state index in [4.69, 9.17) is 42.6 Å². The molecular formula is C51H49N3O10. The number of ether oxygens (including phenoxy) is 9. The molecule has 0 radical (unpaired) electrons. The van der Waals surface area contributed by atoms with Gasteiger partial charge in [0.1, 0.15) is 55.4 Å². The lowest BCUT2D eigenvalue weighted by Crippen LogP contribution is -2.64. The summed E-state index contributed by atoms with van der Waals surface area (Å²) in [4.78, 5) is 16.8. The summed E-state index contributed by atoms with van der Waals surface area (Å²) >= 11 is 0. The third kappa shape index (κ3) is 10.5. The van der Waals surface area contributed by atoms with Gasteiger partial charge in [-0.25, -0.2) is 4.79 Å². The minimum Gasteiger partial charge on any atom is -0.459 e. The maximum absolute atomic E-state index is 13.5. The highest BCUT2D eigenvalue weighted by atomic mass is 16.8. The third-order valence-electron chi connectivity index (χ3n) is 11.6. The van der Waals surface area contributed by atoms with Crippen molar-refractivity contribution in [2.24, 2.45) is 5.11 Å². The van der Waals surface area contributed by atoms with Crippen molar-refractivity contribution in [2.75, 3.05) is 13.2 Å². The number of esters is 1. The fourth-order valence-electron chi connectivity index (χ4n) is 8.37. The Hall–Kier alpha value is -5.96. The molecule has 6 aromatic carbocycles. The zero-order valence-electron chi connectivity index (χ0n) is 35.0. The van der Waals surface area contributed by atoms with Gasteiger partial charge >= 0.3 is 5.97 Å². The van der Waals surface area contributed by atoms with E-state index in [1.165, 1.54) is 0 Å². The minimum absolute atomic E-state index is 0.144. The molecule has 0 N–H and O–H groups in total. The third-order valence-corrected chi connectivity index (χ3v) is 11.6. The number of fused-ring (bicyclic) bond motifs is 3. The van der Waals surface area contributed by atoms with Gasteiger partial charge in [-0.05, 0) is 56.8 Å². The molecule has 328 valence electrons. The van der Waals surface area contributed by atoms with Gasteiger partial charge in [-0.1, -0.05) is 151 Å². The monoisotopic (exact) mass is 863 g/mol. The van der Waals surface area contributed by atoms with Crippen LogP contribution in [0.4, 0.5) is 0 Å². The van der Waals surface area contributed by atoms with Crippen LogP contribution in [0.2, 0.25) is 0 Å². The topological polar surface area (TPSA) is 149 Å². The Morgan fingerprint density at radius 3 is 1.77 bits per heavy atom. The maximum atomic E-state index is 13.5. The molecule has 0 spiro atoms. The number of azide groups is 1. The highest BCUT2D eigenvalue weighted by Gasteiger charge is 2.56. The molecule has 3 saturated heterocycles. The molecule has 0 aromatic heterocycles. The van der Waals surface area contributed by atoms with Gasteiger partial charge in [-0.2, -0.15) is 0 Å². The van der Waals surface area contributed by atoms with Crippen LogP contribution >= 0.6 is 0 Å². The van der Waals surface area contributed by atoms with Crippen molar-refractivity contribution in [1.29, 1.82) is 0 Å². The second-order valence-electron chi connectivity index (χ2n) is 15.9. The van der Waals surface area contributed by atoms with E-state index in [1.807, 2.05) is 133 Å². The molecule has 9 rings (SSSR count). The Morgan fingerprint density at radius 1 is 0.578 bits per heavy atom. The van der Waals surface area contributed by atoms with Crippen LogP contribution in [-0.4, -0.2) is 80.5 Å². The lowest BCUT2D eigenvalue weighted by Gasteiger charge is -2.47. The van der Waals surface area contributed by atoms with Crippen molar-refractivity contribution in [3.8, 4) is 0 Å². The number of nitrogens with zero attached hydrogens (tertiary/aromatic N) is 3. The van der Waals surface area contributed by atoms with Gasteiger partial charge in [0.15, 0.2) is 12.6 Å². The van der Waals surface area contributed by atoms with E-state index in [1.54, 1.807) is 24.3 Å². The molecule has 13 heteroatoms. The van der Waals surface area contributed by atoms with Gasteiger partial charge in [0.2, 0.25) is 0 Å². The summed E-state index contributed by atoms with van der Waals surface area (Å²) < 4.78 is 59.2. The van der Waals surface area contributed by atoms with E-state index in [-0.39, 0.29) is 39.6 Å². The average molecular weight is 864 g/mol. The number of hydrogen-bond acceptors (Lipinski definition) is 11. The van der Waals surface area contributed by atoms with E-state index in [0.717, 1.165) is 33.0 Å². The van der Waals surface area contributed by atoms with E-state index in [9.17, 15) is 10.3 Å². The first-order valence-electron chi connectivity index (χ1n) is 21.5. The summed E-state index contributed by atoms with van der Waals surface area (Å²) in [6.45, 7) is 0.747. The standard InChI is InChI=1S/C51H49N3O10/c52-54-53-43-46(57-28-34-15-5-1-6-16-34)44(56-31-37-25-26-38-21-13-14-24-40(38)27-37)41(32-60-49(55)39-22-11-4-12-23-39)62-50(43)64-45-42-33-61-51(63-42)48(59-30-36-19-9-3-10-20-36)47(45)58-29-35-17-7-2-8-18-35/h1-27,41-48,50-51H,28-33H2/t41-,42+,43-,44-,45+,46-,47-,48-,50-,51-/m1/s1. The second kappa shape index (κ2) is 21.1. The van der Waals surface area contributed by atoms with Crippen LogP contribution in [-0.2, 0) is 69.1 Å². The van der Waals surface area contributed by atoms with Crippen LogP contribution in [0, 0.1) is 0 Å². The van der Waals surface area contributed by atoms with Crippen molar-refractivity contribution in [3.63, 3.8) is 0 Å². The van der Waals surface area contributed by atoms with Crippen LogP contribution in [0.15, 0.2) is 169 Å². The Balaban J connectivity index is 1.05. The molecule has 2 bridgehead atoms. The first-order valence-corrected chi connectivity index (χ1v) is 21.5. The molecule has 0 amide bonds. The zero-order chi connectivity index (χ0) is 43.5. The molecule has 3 aliphatic heterocycles. The predicted octanol–water partition coefficient (Wildman–Crippen LogP) is 8.88. The van der Waals surface area contributed by atoms with Crippen LogP contribution in [0.3, 0.4) is 0 Å². The van der Waals surface area contributed by atoms with Crippen LogP contribution in [0.25, 0.3) is 21.2 Å². The summed E-state index contributed by atoms with van der Waals surface area (Å²) in [6.07, 6.45) is -7.72. The molecule has 0 unspecified atom stereocenters. The van der Waals surface area contributed by atoms with Crippen molar-refractivity contribution >= 4 is 16.7 Å². The van der Waals surface area contributed by atoms with E-state index in [2.05, 4.69) is 16.1 Å². The highest BCUT2D eigenvalue weighted by Crippen LogP contribution is 2.38. The van der Waals surface area contributed by atoms with E-state index in [0.29, 0.717) is 5.56 Å². The quantitative estimate of drug-likeness (QED) is 0.0355. The smallest absolute Gasteiger partial charge is 0.338 e. The Bertz CT molecular complexity index is 2460. The normalized spacial score (nSPS) is 26.2. The molecule has 13 nitrogen and oxygen atoms in total. The average Bonchev–Trinajstić information content (AvgIpc) is 3.79. The lowest BCUT2D eigenvalue weighted by atomic mass is 9.95. The second-order valence-corrected chi connectivity index (χ2v) is 15.9. The number of carbonyl (C=O) groups excluding carboxylic acids is 1. The number of rotatable bonds is 18. The van der Waals surface area contributed by atoms with Crippen LogP contribution in [0.1, 0.15) is 32.6 Å². The van der Waals surface area contributed by atoms with E-state index < -0.39 is 67.3 Å². The molecule has 3 heterocycles. The summed E-state index contributed by atoms with van der Waals surface area (Å²) in [7, 11) is 0. The number of carbonyl (C=O) groups is 1. The number of hydrogen-bond donors (Lipinski definition) is 0. The van der Waals surface area contributed by atoms with Crippen molar-refractivity contribution < 1.29 is 47.4 Å². The van der Waals surface area contributed by atoms with Crippen molar-refractivity contribution in [3.05, 3.63) is 202 Å². The molecule has 0 aliphatic carbocycles. The van der Waals surface area contributed by atoms with Gasteiger partial charge in [-0.15, -0.1) is 0 Å². The molecule has 6 aromatic rings. The van der Waals surface area contributed by atoms with Gasteiger partial charge in [0, 0.05) is 4.91 Å². The fourth-order valence-corrected chi connectivity index (χ4v) is 8.37. The molecule has 64 heavy (non-hydrogen) atoms. The highest BCUT2D eigenvalue weighted by molar-refractivity contribution is 5.89. The predicted molar refractivity (Wildman–Crippen MR) is 235 cm³/mol. The van der Waals surface area contributed by atoms with Gasteiger partial charge in [0.25, 0.3) is 0 Å². The lowest BCUT2D eigenvalue weighted by molar-refractivity contribution is -0.330. The van der Waals surface area contributed by atoms with Crippen molar-refractivity contribution in [2.45, 2.75) is 87.8 Å². The zero-order valence-corrected chi connectivity index (χ0v) is 35.0. The van der Waals surface area contributed by atoms with Gasteiger partial charge in [-0.3, -0.25) is 0 Å². The molecule has 3 fully saturated rings. The van der Waals surface area contributed by atoms with Gasteiger partial charge in [0.05, 0.1) is 38.6 Å². The molecular weight excluding hydrogens is 815 g/mol. The first-order chi connectivity index (χ1) is 31.6. The minimum atomic E-state index is -1.26. The SMILES string of the molecule is [N-]=[N+]=N[C@H]1[C@@H](O[C@@H]2[C@@H](OCc3ccccc3)[C@@H](OCc3ccccc3)[C@@H]3OC[C@@H]2O3)O[C@H](COC(=O)c2ccccc2)[C@@H](OCc2ccc3ccccc3c2)[C@@H]1OCc1ccccc1. The summed E-state index contributed by atoms with van der Waals surface area (Å²) in [5, 5.41) is 6.44. The summed E-state index contributed by atoms with van der Waals surface area (Å²) in [6, 6.07) is 51.1. The van der Waals surface area contributed by atoms with Crippen LogP contribution in [0.5, 0.6) is 0 Å². The maximum Gasteiger partial charge on any atom is 0.338 e. The molecule has 0 saturated carbocycles. The largest absolute Gasteiger partial charge is 0.459 e. The molecule has 10 atom stereocenters. The van der Waals surface area contributed by atoms with Gasteiger partial charge < -0.3 is 42.6 Å². The first kappa shape index (κ1) is 43.3. The Morgan fingerprint density at radius 2 is 1.12 bits per heavy atom. The Labute approximate surface area is 371 Å². The Kier molecular flexibility index (Phi) is 14.3. The number of benzene rings is 6. The summed E-state index contributed by atoms with van der Waals surface area (Å²) in [5.41, 5.74) is 14.3. The molecule has 3 aliphatic rings. The van der Waals surface area contributed by atoms with E-state index >= 15 is 0 Å². The fraction of sp³-hybridized carbons (Fsp3) is 0.314. The summed E-state index contributed by atoms with van der Waals surface area (Å²) in [5.74, 6) is -0.545.